The Hall–Kier alpha value is -1.74. The molecule has 2 aromatic rings. The fourth-order valence-electron chi connectivity index (χ4n) is 1.89. The van der Waals surface area contributed by atoms with Crippen LogP contribution in [0.15, 0.2) is 27.0 Å². The minimum atomic E-state index is -4.92. The Bertz CT molecular complexity index is 717. The zero-order chi connectivity index (χ0) is 17.2. The number of ether oxygens (including phenoxy) is 1. The summed E-state index contributed by atoms with van der Waals surface area (Å²) in [4.78, 5) is 24.7. The zero-order valence-electron chi connectivity index (χ0n) is 12.0. The van der Waals surface area contributed by atoms with Crippen molar-refractivity contribution in [3.05, 3.63) is 39.3 Å². The predicted molar refractivity (Wildman–Crippen MR) is 79.2 cm³/mol. The Balaban J connectivity index is 2.70. The van der Waals surface area contributed by atoms with Crippen LogP contribution >= 0.6 is 23.1 Å². The van der Waals surface area contributed by atoms with E-state index in [1.165, 1.54) is 19.2 Å². The van der Waals surface area contributed by atoms with Gasteiger partial charge in [0.1, 0.15) is 5.56 Å². The second kappa shape index (κ2) is 6.79. The quantitative estimate of drug-likeness (QED) is 0.444. The lowest BCUT2D eigenvalue weighted by Crippen LogP contribution is -2.16. The number of alkyl halides is 3. The summed E-state index contributed by atoms with van der Waals surface area (Å²) in [5.41, 5.74) is -1.28. The molecule has 0 unspecified atom stereocenters. The van der Waals surface area contributed by atoms with Gasteiger partial charge in [0.05, 0.1) is 17.0 Å². The lowest BCUT2D eigenvalue weighted by Gasteiger charge is -2.07. The van der Waals surface area contributed by atoms with Crippen molar-refractivity contribution in [2.24, 2.45) is 0 Å². The van der Waals surface area contributed by atoms with Crippen molar-refractivity contribution in [3.8, 4) is 0 Å². The van der Waals surface area contributed by atoms with Crippen molar-refractivity contribution < 1.29 is 31.9 Å². The van der Waals surface area contributed by atoms with Gasteiger partial charge >= 0.3 is 12.1 Å². The summed E-state index contributed by atoms with van der Waals surface area (Å²) in [6.45, 7) is 1.34. The smallest absolute Gasteiger partial charge is 0.450 e. The molecular weight excluding hydrogens is 353 g/mol. The molecule has 124 valence electrons. The lowest BCUT2D eigenvalue weighted by atomic mass is 10.1. The highest BCUT2D eigenvalue weighted by Gasteiger charge is 2.45. The van der Waals surface area contributed by atoms with Crippen LogP contribution in [0, 0.1) is 0 Å². The van der Waals surface area contributed by atoms with Crippen LogP contribution in [-0.4, -0.2) is 24.6 Å². The molecule has 2 rings (SSSR count). The number of carbonyl (C=O) groups is 2. The van der Waals surface area contributed by atoms with Crippen LogP contribution in [0.25, 0.3) is 0 Å². The van der Waals surface area contributed by atoms with Crippen LogP contribution in [0.2, 0.25) is 0 Å². The van der Waals surface area contributed by atoms with E-state index in [0.717, 1.165) is 23.1 Å². The Morgan fingerprint density at radius 1 is 1.35 bits per heavy atom. The van der Waals surface area contributed by atoms with E-state index < -0.39 is 34.8 Å². The first kappa shape index (κ1) is 17.6. The highest BCUT2D eigenvalue weighted by molar-refractivity contribution is 7.98. The van der Waals surface area contributed by atoms with E-state index >= 15 is 0 Å². The Morgan fingerprint density at radius 3 is 2.52 bits per heavy atom. The number of ketones is 1. The molecule has 2 heterocycles. The molecule has 4 nitrogen and oxygen atoms in total. The topological polar surface area (TPSA) is 56.5 Å². The van der Waals surface area contributed by atoms with Gasteiger partial charge in [-0.25, -0.2) is 4.79 Å². The predicted octanol–water partition coefficient (Wildman–Crippen LogP) is 4.49. The fourth-order valence-corrected chi connectivity index (χ4v) is 3.12. The molecule has 9 heteroatoms. The van der Waals surface area contributed by atoms with E-state index in [-0.39, 0.29) is 16.6 Å². The monoisotopic (exact) mass is 364 g/mol. The first-order valence-corrected chi connectivity index (χ1v) is 8.45. The Kier molecular flexibility index (Phi) is 5.20. The van der Waals surface area contributed by atoms with E-state index in [2.05, 4.69) is 4.74 Å². The molecule has 0 amide bonds. The highest BCUT2D eigenvalue weighted by Crippen LogP contribution is 2.41. The number of furan rings is 1. The van der Waals surface area contributed by atoms with Crippen molar-refractivity contribution in [1.82, 2.24) is 0 Å². The summed E-state index contributed by atoms with van der Waals surface area (Å²) in [5, 5.41) is 1.35. The SMILES string of the molecule is CCOC(=O)c1c(C(F)(F)F)oc(SC)c1C(=O)c1cccs1. The molecule has 0 N–H and O–H groups in total. The van der Waals surface area contributed by atoms with E-state index in [0.29, 0.717) is 0 Å². The number of esters is 1. The minimum Gasteiger partial charge on any atom is -0.462 e. The molecule has 0 saturated heterocycles. The highest BCUT2D eigenvalue weighted by atomic mass is 32.2. The molecule has 0 radical (unpaired) electrons. The van der Waals surface area contributed by atoms with Gasteiger partial charge in [-0.15, -0.1) is 11.3 Å². The van der Waals surface area contributed by atoms with Crippen molar-refractivity contribution in [1.29, 1.82) is 0 Å². The summed E-state index contributed by atoms with van der Waals surface area (Å²) in [6.07, 6.45) is -3.46. The standard InChI is InChI=1S/C14H11F3O4S2/c1-3-20-12(19)9-8(10(18)7-5-4-6-23-7)13(22-2)21-11(9)14(15,16)17/h4-6H,3H2,1-2H3. The molecular formula is C14H11F3O4S2. The zero-order valence-corrected chi connectivity index (χ0v) is 13.7. The van der Waals surface area contributed by atoms with Gasteiger partial charge in [0.15, 0.2) is 5.09 Å². The van der Waals surface area contributed by atoms with Gasteiger partial charge in [-0.1, -0.05) is 17.8 Å². The molecule has 0 fully saturated rings. The molecule has 0 aliphatic rings. The summed E-state index contributed by atoms with van der Waals surface area (Å²) in [5.74, 6) is -3.45. The van der Waals surface area contributed by atoms with Crippen LogP contribution in [0.5, 0.6) is 0 Å². The number of thiophene rings is 1. The van der Waals surface area contributed by atoms with Crippen molar-refractivity contribution in [3.63, 3.8) is 0 Å². The third-order valence-electron chi connectivity index (χ3n) is 2.77. The first-order valence-electron chi connectivity index (χ1n) is 6.34. The van der Waals surface area contributed by atoms with Gasteiger partial charge in [-0.3, -0.25) is 4.79 Å². The van der Waals surface area contributed by atoms with Crippen LogP contribution in [0.4, 0.5) is 13.2 Å². The van der Waals surface area contributed by atoms with E-state index in [9.17, 15) is 22.8 Å². The lowest BCUT2D eigenvalue weighted by molar-refractivity contribution is -0.155. The summed E-state index contributed by atoms with van der Waals surface area (Å²) in [6, 6.07) is 3.05. The second-order valence-corrected chi connectivity index (χ2v) is 5.92. The molecule has 0 aromatic carbocycles. The normalized spacial score (nSPS) is 11.5. The van der Waals surface area contributed by atoms with Gasteiger partial charge in [0.25, 0.3) is 0 Å². The number of hydrogen-bond donors (Lipinski definition) is 0. The number of rotatable bonds is 5. The minimum absolute atomic E-state index is 0.122. The first-order chi connectivity index (χ1) is 10.8. The van der Waals surface area contributed by atoms with Crippen LogP contribution in [0.1, 0.15) is 38.3 Å². The molecule has 0 saturated carbocycles. The summed E-state index contributed by atoms with van der Waals surface area (Å²) >= 11 is 1.88. The van der Waals surface area contributed by atoms with Crippen molar-refractivity contribution in [2.75, 3.05) is 12.9 Å². The van der Waals surface area contributed by atoms with Crippen molar-refractivity contribution in [2.45, 2.75) is 18.2 Å². The Morgan fingerprint density at radius 2 is 2.04 bits per heavy atom. The van der Waals surface area contributed by atoms with Gasteiger partial charge < -0.3 is 9.15 Å². The largest absolute Gasteiger partial charge is 0.462 e. The number of hydrogen-bond acceptors (Lipinski definition) is 6. The van der Waals surface area contributed by atoms with Gasteiger partial charge in [0, 0.05) is 0 Å². The summed E-state index contributed by atoms with van der Waals surface area (Å²) in [7, 11) is 0. The van der Waals surface area contributed by atoms with Crippen LogP contribution in [-0.2, 0) is 10.9 Å². The molecule has 0 bridgehead atoms. The molecule has 0 aliphatic heterocycles. The average Bonchev–Trinajstić information content (AvgIpc) is 3.13. The fraction of sp³-hybridized carbons (Fsp3) is 0.286. The van der Waals surface area contributed by atoms with E-state index in [4.69, 9.17) is 4.42 Å². The van der Waals surface area contributed by atoms with Gasteiger partial charge in [0.2, 0.25) is 11.5 Å². The molecule has 0 atom stereocenters. The average molecular weight is 364 g/mol. The number of thioether (sulfide) groups is 1. The van der Waals surface area contributed by atoms with E-state index in [1.807, 2.05) is 0 Å². The van der Waals surface area contributed by atoms with E-state index in [1.54, 1.807) is 11.4 Å². The third-order valence-corrected chi connectivity index (χ3v) is 4.30. The molecule has 23 heavy (non-hydrogen) atoms. The number of carbonyl (C=O) groups excluding carboxylic acids is 2. The van der Waals surface area contributed by atoms with Crippen LogP contribution in [0.3, 0.4) is 0 Å². The molecule has 2 aromatic heterocycles. The third kappa shape index (κ3) is 3.45. The second-order valence-electron chi connectivity index (χ2n) is 4.20. The maximum absolute atomic E-state index is 13.2. The molecule has 0 spiro atoms. The maximum atomic E-state index is 13.2. The van der Waals surface area contributed by atoms with Gasteiger partial charge in [-0.2, -0.15) is 13.2 Å². The maximum Gasteiger partial charge on any atom is 0.450 e. The number of halogens is 3. The summed E-state index contributed by atoms with van der Waals surface area (Å²) < 4.78 is 48.9. The molecule has 0 aliphatic carbocycles. The van der Waals surface area contributed by atoms with Crippen molar-refractivity contribution >= 4 is 34.9 Å². The van der Waals surface area contributed by atoms with Crippen LogP contribution < -0.4 is 0 Å². The van der Waals surface area contributed by atoms with Gasteiger partial charge in [-0.05, 0) is 24.6 Å². The Labute approximate surface area is 137 Å².